The van der Waals surface area contributed by atoms with Gasteiger partial charge in [0, 0.05) is 6.42 Å². The number of benzene rings is 1. The third kappa shape index (κ3) is 3.37. The summed E-state index contributed by atoms with van der Waals surface area (Å²) in [4.78, 5) is 10.6. The lowest BCUT2D eigenvalue weighted by molar-refractivity contribution is -0.137. The van der Waals surface area contributed by atoms with E-state index in [2.05, 4.69) is 32.9 Å². The zero-order valence-electron chi connectivity index (χ0n) is 10.5. The normalized spacial score (nSPS) is 12.5. The van der Waals surface area contributed by atoms with Crippen molar-refractivity contribution in [3.05, 3.63) is 34.4 Å². The molecule has 0 spiro atoms. The summed E-state index contributed by atoms with van der Waals surface area (Å²) in [6.07, 6.45) is 1.09. The van der Waals surface area contributed by atoms with Crippen LogP contribution in [0.1, 0.15) is 35.6 Å². The molecule has 1 N–H and O–H groups in total. The summed E-state index contributed by atoms with van der Waals surface area (Å²) in [5, 5.41) is 8.74. The minimum atomic E-state index is -0.713. The molecule has 2 heteroatoms. The van der Waals surface area contributed by atoms with Crippen molar-refractivity contribution in [1.29, 1.82) is 0 Å². The fourth-order valence-electron chi connectivity index (χ4n) is 2.25. The Hall–Kier alpha value is -1.31. The molecule has 1 rings (SSSR count). The number of carboxylic acids is 1. The third-order valence-electron chi connectivity index (χ3n) is 2.92. The van der Waals surface area contributed by atoms with E-state index in [1.807, 2.05) is 6.92 Å². The Morgan fingerprint density at radius 3 is 2.19 bits per heavy atom. The van der Waals surface area contributed by atoms with Crippen LogP contribution >= 0.6 is 0 Å². The standard InChI is InChI=1S/C14H20O2/c1-9-5-11(3)13(12(4)6-9)7-10(2)8-14(15)16/h5-6,10H,7-8H2,1-4H3,(H,15,16). The second-order valence-electron chi connectivity index (χ2n) is 4.78. The average molecular weight is 220 g/mol. The van der Waals surface area contributed by atoms with Crippen LogP contribution in [0.25, 0.3) is 0 Å². The van der Waals surface area contributed by atoms with E-state index in [9.17, 15) is 4.79 Å². The summed E-state index contributed by atoms with van der Waals surface area (Å²) in [6, 6.07) is 4.33. The number of hydrogen-bond acceptors (Lipinski definition) is 1. The summed E-state index contributed by atoms with van der Waals surface area (Å²) >= 11 is 0. The number of hydrogen-bond donors (Lipinski definition) is 1. The van der Waals surface area contributed by atoms with Gasteiger partial charge in [0.1, 0.15) is 0 Å². The Morgan fingerprint density at radius 1 is 1.25 bits per heavy atom. The van der Waals surface area contributed by atoms with Gasteiger partial charge in [0.2, 0.25) is 0 Å². The lowest BCUT2D eigenvalue weighted by atomic mass is 9.91. The maximum absolute atomic E-state index is 10.6. The second kappa shape index (κ2) is 5.15. The molecule has 1 aromatic carbocycles. The van der Waals surface area contributed by atoms with Crippen molar-refractivity contribution in [3.8, 4) is 0 Å². The van der Waals surface area contributed by atoms with Crippen LogP contribution in [0, 0.1) is 26.7 Å². The molecule has 1 aromatic rings. The first-order valence-corrected chi connectivity index (χ1v) is 5.68. The number of aliphatic carboxylic acids is 1. The van der Waals surface area contributed by atoms with Crippen molar-refractivity contribution >= 4 is 5.97 Å². The van der Waals surface area contributed by atoms with Gasteiger partial charge in [0.25, 0.3) is 0 Å². The molecule has 0 aliphatic carbocycles. The summed E-state index contributed by atoms with van der Waals surface area (Å²) in [6.45, 7) is 8.28. The van der Waals surface area contributed by atoms with E-state index in [1.165, 1.54) is 22.3 Å². The lowest BCUT2D eigenvalue weighted by Crippen LogP contribution is -2.09. The predicted molar refractivity (Wildman–Crippen MR) is 65.8 cm³/mol. The molecule has 0 heterocycles. The van der Waals surface area contributed by atoms with Crippen LogP contribution in [-0.4, -0.2) is 11.1 Å². The fraction of sp³-hybridized carbons (Fsp3) is 0.500. The molecule has 0 aromatic heterocycles. The molecular formula is C14H20O2. The van der Waals surface area contributed by atoms with Crippen LogP contribution in [-0.2, 0) is 11.2 Å². The van der Waals surface area contributed by atoms with Crippen LogP contribution in [0.2, 0.25) is 0 Å². The van der Waals surface area contributed by atoms with E-state index in [-0.39, 0.29) is 12.3 Å². The first kappa shape index (κ1) is 12.8. The van der Waals surface area contributed by atoms with Gasteiger partial charge in [-0.2, -0.15) is 0 Å². The molecule has 0 aliphatic heterocycles. The van der Waals surface area contributed by atoms with E-state index < -0.39 is 5.97 Å². The zero-order chi connectivity index (χ0) is 12.3. The van der Waals surface area contributed by atoms with Crippen molar-refractivity contribution in [1.82, 2.24) is 0 Å². The Bertz CT molecular complexity index is 371. The molecule has 0 aliphatic rings. The largest absolute Gasteiger partial charge is 0.481 e. The fourth-order valence-corrected chi connectivity index (χ4v) is 2.25. The summed E-state index contributed by atoms with van der Waals surface area (Å²) in [7, 11) is 0. The van der Waals surface area contributed by atoms with Crippen LogP contribution < -0.4 is 0 Å². The highest BCUT2D eigenvalue weighted by molar-refractivity contribution is 5.67. The van der Waals surface area contributed by atoms with Crippen LogP contribution in [0.15, 0.2) is 12.1 Å². The SMILES string of the molecule is Cc1cc(C)c(CC(C)CC(=O)O)c(C)c1. The lowest BCUT2D eigenvalue weighted by Gasteiger charge is -2.15. The zero-order valence-corrected chi connectivity index (χ0v) is 10.5. The van der Waals surface area contributed by atoms with E-state index >= 15 is 0 Å². The number of rotatable bonds is 4. The second-order valence-corrected chi connectivity index (χ2v) is 4.78. The van der Waals surface area contributed by atoms with Gasteiger partial charge in [-0.25, -0.2) is 0 Å². The summed E-state index contributed by atoms with van der Waals surface area (Å²) in [5.41, 5.74) is 5.12. The summed E-state index contributed by atoms with van der Waals surface area (Å²) in [5.74, 6) is -0.521. The Morgan fingerprint density at radius 2 is 1.75 bits per heavy atom. The number of aryl methyl sites for hydroxylation is 3. The van der Waals surface area contributed by atoms with Crippen LogP contribution in [0.5, 0.6) is 0 Å². The van der Waals surface area contributed by atoms with Gasteiger partial charge in [-0.1, -0.05) is 24.6 Å². The van der Waals surface area contributed by atoms with E-state index in [1.54, 1.807) is 0 Å². The van der Waals surface area contributed by atoms with Gasteiger partial charge in [-0.15, -0.1) is 0 Å². The molecular weight excluding hydrogens is 200 g/mol. The van der Waals surface area contributed by atoms with Gasteiger partial charge in [-0.05, 0) is 49.8 Å². The molecule has 0 bridgehead atoms. The minimum absolute atomic E-state index is 0.192. The quantitative estimate of drug-likeness (QED) is 0.845. The molecule has 1 atom stereocenters. The molecule has 0 amide bonds. The first-order chi connectivity index (χ1) is 7.40. The highest BCUT2D eigenvalue weighted by atomic mass is 16.4. The number of carbonyl (C=O) groups is 1. The molecule has 16 heavy (non-hydrogen) atoms. The molecule has 2 nitrogen and oxygen atoms in total. The van der Waals surface area contributed by atoms with Crippen molar-refractivity contribution in [3.63, 3.8) is 0 Å². The smallest absolute Gasteiger partial charge is 0.303 e. The van der Waals surface area contributed by atoms with Crippen molar-refractivity contribution < 1.29 is 9.90 Å². The Kier molecular flexibility index (Phi) is 4.11. The van der Waals surface area contributed by atoms with Gasteiger partial charge in [-0.3, -0.25) is 4.79 Å². The van der Waals surface area contributed by atoms with Crippen LogP contribution in [0.3, 0.4) is 0 Å². The van der Waals surface area contributed by atoms with Crippen molar-refractivity contribution in [2.75, 3.05) is 0 Å². The molecule has 1 unspecified atom stereocenters. The summed E-state index contributed by atoms with van der Waals surface area (Å²) < 4.78 is 0. The Balaban J connectivity index is 2.85. The van der Waals surface area contributed by atoms with E-state index in [4.69, 9.17) is 5.11 Å². The maximum atomic E-state index is 10.6. The van der Waals surface area contributed by atoms with Crippen molar-refractivity contribution in [2.45, 2.75) is 40.5 Å². The van der Waals surface area contributed by atoms with Gasteiger partial charge < -0.3 is 5.11 Å². The molecule has 0 saturated carbocycles. The van der Waals surface area contributed by atoms with Gasteiger partial charge >= 0.3 is 5.97 Å². The molecule has 0 radical (unpaired) electrons. The first-order valence-electron chi connectivity index (χ1n) is 5.68. The highest BCUT2D eigenvalue weighted by Gasteiger charge is 2.11. The molecule has 0 saturated heterocycles. The van der Waals surface area contributed by atoms with E-state index in [0.717, 1.165) is 6.42 Å². The third-order valence-corrected chi connectivity index (χ3v) is 2.92. The van der Waals surface area contributed by atoms with Crippen LogP contribution in [0.4, 0.5) is 0 Å². The average Bonchev–Trinajstić information content (AvgIpc) is 2.09. The van der Waals surface area contributed by atoms with E-state index in [0.29, 0.717) is 0 Å². The highest BCUT2D eigenvalue weighted by Crippen LogP contribution is 2.21. The molecule has 0 fully saturated rings. The molecule has 88 valence electrons. The maximum Gasteiger partial charge on any atom is 0.303 e. The Labute approximate surface area is 97.3 Å². The monoisotopic (exact) mass is 220 g/mol. The predicted octanol–water partition coefficient (Wildman–Crippen LogP) is 3.27. The minimum Gasteiger partial charge on any atom is -0.481 e. The topological polar surface area (TPSA) is 37.3 Å². The van der Waals surface area contributed by atoms with Crippen molar-refractivity contribution in [2.24, 2.45) is 5.92 Å². The van der Waals surface area contributed by atoms with Gasteiger partial charge in [0.15, 0.2) is 0 Å². The number of carboxylic acid groups (broad SMARTS) is 1. The van der Waals surface area contributed by atoms with Gasteiger partial charge in [0.05, 0.1) is 0 Å².